The van der Waals surface area contributed by atoms with E-state index in [1.54, 1.807) is 4.57 Å². The van der Waals surface area contributed by atoms with Gasteiger partial charge in [0.15, 0.2) is 5.16 Å². The molecule has 23 heavy (non-hydrogen) atoms. The Hall–Kier alpha value is -2.02. The molecule has 0 spiro atoms. The van der Waals surface area contributed by atoms with Gasteiger partial charge < -0.3 is 5.32 Å². The molecule has 1 heterocycles. The van der Waals surface area contributed by atoms with E-state index in [0.29, 0.717) is 18.2 Å². The Morgan fingerprint density at radius 2 is 2.13 bits per heavy atom. The van der Waals surface area contributed by atoms with E-state index in [0.717, 1.165) is 6.42 Å². The van der Waals surface area contributed by atoms with Crippen molar-refractivity contribution in [3.63, 3.8) is 0 Å². The summed E-state index contributed by atoms with van der Waals surface area (Å²) in [7, 11) is 0. The first-order chi connectivity index (χ1) is 11.1. The number of rotatable bonds is 8. The summed E-state index contributed by atoms with van der Waals surface area (Å²) in [5.41, 5.74) is 0.969. The molecule has 0 bridgehead atoms. The zero-order chi connectivity index (χ0) is 16.7. The normalized spacial score (nSPS) is 12.1. The third-order valence-corrected chi connectivity index (χ3v) is 4.45. The molecule has 1 amide bonds. The number of thioether (sulfide) groups is 1. The topological polar surface area (TPSA) is 79.8 Å². The molecular formula is C16H22N4O2S. The zero-order valence-corrected chi connectivity index (χ0v) is 14.2. The van der Waals surface area contributed by atoms with Crippen molar-refractivity contribution >= 4 is 17.7 Å². The predicted octanol–water partition coefficient (Wildman–Crippen LogP) is 1.99. The van der Waals surface area contributed by atoms with E-state index in [1.807, 2.05) is 25.1 Å². The van der Waals surface area contributed by atoms with Crippen LogP contribution in [0.5, 0.6) is 0 Å². The van der Waals surface area contributed by atoms with Crippen LogP contribution >= 0.6 is 11.8 Å². The number of aromatic amines is 1. The third kappa shape index (κ3) is 4.99. The Morgan fingerprint density at radius 3 is 2.83 bits per heavy atom. The fourth-order valence-electron chi connectivity index (χ4n) is 2.18. The molecule has 2 N–H and O–H groups in total. The average molecular weight is 334 g/mol. The van der Waals surface area contributed by atoms with Crippen LogP contribution in [0.25, 0.3) is 0 Å². The summed E-state index contributed by atoms with van der Waals surface area (Å²) in [4.78, 5) is 23.5. The van der Waals surface area contributed by atoms with Gasteiger partial charge in [0.05, 0.1) is 5.75 Å². The van der Waals surface area contributed by atoms with Crippen LogP contribution in [-0.4, -0.2) is 33.0 Å². The van der Waals surface area contributed by atoms with Crippen LogP contribution in [0.4, 0.5) is 0 Å². The summed E-state index contributed by atoms with van der Waals surface area (Å²) >= 11 is 1.27. The Balaban J connectivity index is 1.80. The Kier molecular flexibility index (Phi) is 6.46. The van der Waals surface area contributed by atoms with Gasteiger partial charge in [-0.3, -0.25) is 9.36 Å². The van der Waals surface area contributed by atoms with Gasteiger partial charge in [0.1, 0.15) is 0 Å². The van der Waals surface area contributed by atoms with Gasteiger partial charge in [0.2, 0.25) is 5.91 Å². The maximum absolute atomic E-state index is 12.0. The van der Waals surface area contributed by atoms with Crippen molar-refractivity contribution in [3.8, 4) is 0 Å². The first-order valence-electron chi connectivity index (χ1n) is 7.71. The maximum atomic E-state index is 12.0. The van der Waals surface area contributed by atoms with Gasteiger partial charge >= 0.3 is 5.69 Å². The molecule has 1 aromatic heterocycles. The predicted molar refractivity (Wildman–Crippen MR) is 91.7 cm³/mol. The molecule has 0 fully saturated rings. The molecule has 0 saturated carbocycles. The Labute approximate surface area is 139 Å². The average Bonchev–Trinajstić information content (AvgIpc) is 2.92. The van der Waals surface area contributed by atoms with Crippen LogP contribution in [0.2, 0.25) is 0 Å². The van der Waals surface area contributed by atoms with E-state index in [-0.39, 0.29) is 23.3 Å². The van der Waals surface area contributed by atoms with Crippen LogP contribution in [0.1, 0.15) is 31.7 Å². The molecule has 0 aliphatic carbocycles. The molecule has 6 nitrogen and oxygen atoms in total. The van der Waals surface area contributed by atoms with Crippen molar-refractivity contribution in [2.75, 3.05) is 12.3 Å². The number of carbonyl (C=O) groups excluding carboxylic acids is 1. The number of benzene rings is 1. The Bertz CT molecular complexity index is 681. The quantitative estimate of drug-likeness (QED) is 0.724. The van der Waals surface area contributed by atoms with Crippen LogP contribution in [-0.2, 0) is 11.3 Å². The highest BCUT2D eigenvalue weighted by Crippen LogP contribution is 2.15. The minimum Gasteiger partial charge on any atom is -0.355 e. The third-order valence-electron chi connectivity index (χ3n) is 3.48. The smallest absolute Gasteiger partial charge is 0.343 e. The summed E-state index contributed by atoms with van der Waals surface area (Å²) < 4.78 is 1.56. The fourth-order valence-corrected chi connectivity index (χ4v) is 2.98. The van der Waals surface area contributed by atoms with Crippen molar-refractivity contribution in [2.45, 2.75) is 37.9 Å². The van der Waals surface area contributed by atoms with Crippen molar-refractivity contribution in [2.24, 2.45) is 0 Å². The number of nitrogens with zero attached hydrogens (tertiary/aromatic N) is 2. The van der Waals surface area contributed by atoms with Gasteiger partial charge in [-0.25, -0.2) is 9.89 Å². The lowest BCUT2D eigenvalue weighted by Gasteiger charge is -2.12. The summed E-state index contributed by atoms with van der Waals surface area (Å²) in [5, 5.41) is 9.86. The van der Waals surface area contributed by atoms with Crippen molar-refractivity contribution in [1.29, 1.82) is 0 Å². The van der Waals surface area contributed by atoms with Gasteiger partial charge in [-0.05, 0) is 17.9 Å². The molecule has 1 atom stereocenters. The summed E-state index contributed by atoms with van der Waals surface area (Å²) in [6.07, 6.45) is 0.841. The summed E-state index contributed by atoms with van der Waals surface area (Å²) in [6.45, 7) is 5.26. The first kappa shape index (κ1) is 17.3. The number of nitrogens with one attached hydrogen (secondary N) is 2. The van der Waals surface area contributed by atoms with Crippen molar-refractivity contribution in [1.82, 2.24) is 20.1 Å². The Morgan fingerprint density at radius 1 is 1.39 bits per heavy atom. The highest BCUT2D eigenvalue weighted by molar-refractivity contribution is 7.99. The highest BCUT2D eigenvalue weighted by atomic mass is 32.2. The number of amides is 1. The van der Waals surface area contributed by atoms with Crippen LogP contribution < -0.4 is 11.0 Å². The van der Waals surface area contributed by atoms with Gasteiger partial charge in [-0.2, -0.15) is 0 Å². The molecule has 2 aromatic rings. The fraction of sp³-hybridized carbons (Fsp3) is 0.438. The standard InChI is InChI=1S/C16H22N4O2S/c1-3-9-20-15(22)18-19-16(20)23-11-14(21)17-10-12(2)13-7-5-4-6-8-13/h4-8,12H,3,9-11H2,1-2H3,(H,17,21)(H,18,22)/t12-/m1/s1. The molecule has 0 aliphatic rings. The number of aromatic nitrogens is 3. The van der Waals surface area contributed by atoms with E-state index >= 15 is 0 Å². The molecule has 0 unspecified atom stereocenters. The number of H-pyrrole nitrogens is 1. The minimum atomic E-state index is -0.229. The van der Waals surface area contributed by atoms with E-state index < -0.39 is 0 Å². The minimum absolute atomic E-state index is 0.0590. The first-order valence-corrected chi connectivity index (χ1v) is 8.70. The molecule has 0 saturated heterocycles. The highest BCUT2D eigenvalue weighted by Gasteiger charge is 2.12. The molecule has 0 aliphatic heterocycles. The molecular weight excluding hydrogens is 312 g/mol. The second-order valence-electron chi connectivity index (χ2n) is 5.37. The maximum Gasteiger partial charge on any atom is 0.343 e. The lowest BCUT2D eigenvalue weighted by molar-refractivity contribution is -0.118. The molecule has 1 aromatic carbocycles. The second kappa shape index (κ2) is 8.57. The monoisotopic (exact) mass is 334 g/mol. The van der Waals surface area contributed by atoms with Crippen molar-refractivity contribution < 1.29 is 4.79 Å². The lowest BCUT2D eigenvalue weighted by atomic mass is 10.0. The van der Waals surface area contributed by atoms with Crippen LogP contribution in [0.15, 0.2) is 40.3 Å². The van der Waals surface area contributed by atoms with E-state index in [4.69, 9.17) is 0 Å². The molecule has 0 radical (unpaired) electrons. The van der Waals surface area contributed by atoms with Gasteiger partial charge in [0, 0.05) is 13.1 Å². The number of hydrogen-bond donors (Lipinski definition) is 2. The van der Waals surface area contributed by atoms with Crippen molar-refractivity contribution in [3.05, 3.63) is 46.4 Å². The van der Waals surface area contributed by atoms with Gasteiger partial charge in [0.25, 0.3) is 0 Å². The van der Waals surface area contributed by atoms with Crippen LogP contribution in [0.3, 0.4) is 0 Å². The number of carbonyl (C=O) groups is 1. The number of hydrogen-bond acceptors (Lipinski definition) is 4. The second-order valence-corrected chi connectivity index (χ2v) is 6.31. The van der Waals surface area contributed by atoms with Gasteiger partial charge in [-0.1, -0.05) is 55.9 Å². The SMILES string of the molecule is CCCn1c(SCC(=O)NC[C@@H](C)c2ccccc2)n[nH]c1=O. The lowest BCUT2D eigenvalue weighted by Crippen LogP contribution is -2.29. The van der Waals surface area contributed by atoms with E-state index in [1.165, 1.54) is 17.3 Å². The molecule has 2 rings (SSSR count). The largest absolute Gasteiger partial charge is 0.355 e. The van der Waals surface area contributed by atoms with E-state index in [9.17, 15) is 9.59 Å². The molecule has 124 valence electrons. The summed E-state index contributed by atoms with van der Waals surface area (Å²) in [6, 6.07) is 10.1. The van der Waals surface area contributed by atoms with Gasteiger partial charge in [-0.15, -0.1) is 5.10 Å². The van der Waals surface area contributed by atoms with E-state index in [2.05, 4.69) is 34.6 Å². The zero-order valence-electron chi connectivity index (χ0n) is 13.4. The molecule has 7 heteroatoms. The summed E-state index contributed by atoms with van der Waals surface area (Å²) in [5.74, 6) is 0.445. The van der Waals surface area contributed by atoms with Crippen LogP contribution in [0, 0.1) is 0 Å².